The molecular weight excluding hydrogens is 272 g/mol. The van der Waals surface area contributed by atoms with Crippen molar-refractivity contribution in [3.05, 3.63) is 46.3 Å². The van der Waals surface area contributed by atoms with Crippen LogP contribution in [0.25, 0.3) is 6.08 Å². The Morgan fingerprint density at radius 3 is 3.05 bits per heavy atom. The largest absolute Gasteiger partial charge is 0.465 e. The number of carbonyl (C=O) groups is 1. The van der Waals surface area contributed by atoms with Gasteiger partial charge in [0.15, 0.2) is 0 Å². The van der Waals surface area contributed by atoms with E-state index in [1.54, 1.807) is 35.8 Å². The quantitative estimate of drug-likeness (QED) is 0.831. The molecule has 0 atom stereocenters. The van der Waals surface area contributed by atoms with Gasteiger partial charge in [-0.3, -0.25) is 4.79 Å². The van der Waals surface area contributed by atoms with Crippen molar-refractivity contribution in [3.8, 4) is 0 Å². The van der Waals surface area contributed by atoms with Crippen LogP contribution >= 0.6 is 11.3 Å². The average molecular weight is 290 g/mol. The predicted octanol–water partition coefficient (Wildman–Crippen LogP) is 3.23. The Morgan fingerprint density at radius 2 is 2.40 bits per heavy atom. The van der Waals surface area contributed by atoms with E-state index >= 15 is 0 Å². The smallest absolute Gasteiger partial charge is 0.244 e. The first-order valence-corrected chi connectivity index (χ1v) is 7.47. The molecule has 2 aromatic heterocycles. The van der Waals surface area contributed by atoms with Crippen molar-refractivity contribution < 1.29 is 9.21 Å². The van der Waals surface area contributed by atoms with Gasteiger partial charge in [0.1, 0.15) is 5.76 Å². The molecule has 0 aliphatic heterocycles. The van der Waals surface area contributed by atoms with Crippen molar-refractivity contribution in [1.29, 1.82) is 0 Å². The summed E-state index contributed by atoms with van der Waals surface area (Å²) in [7, 11) is 0. The number of hydrogen-bond donors (Lipinski definition) is 1. The summed E-state index contributed by atoms with van der Waals surface area (Å²) in [5.74, 6) is 1.00. The summed E-state index contributed by atoms with van der Waals surface area (Å²) in [4.78, 5) is 16.1. The lowest BCUT2D eigenvalue weighted by Crippen LogP contribution is -2.23. The molecular formula is C15H18N2O2S. The van der Waals surface area contributed by atoms with Gasteiger partial charge in [-0.2, -0.15) is 0 Å². The molecule has 106 valence electrons. The number of rotatable bonds is 6. The average Bonchev–Trinajstić information content (AvgIpc) is 3.07. The second-order valence-corrected chi connectivity index (χ2v) is 5.61. The van der Waals surface area contributed by atoms with Crippen LogP contribution in [-0.2, 0) is 11.2 Å². The molecule has 1 amide bonds. The summed E-state index contributed by atoms with van der Waals surface area (Å²) >= 11 is 1.67. The van der Waals surface area contributed by atoms with Crippen molar-refractivity contribution in [2.75, 3.05) is 6.54 Å². The van der Waals surface area contributed by atoms with E-state index in [1.165, 1.54) is 6.08 Å². The number of amides is 1. The van der Waals surface area contributed by atoms with E-state index in [-0.39, 0.29) is 5.91 Å². The number of carbonyl (C=O) groups excluding carboxylic acids is 1. The van der Waals surface area contributed by atoms with E-state index in [0.717, 1.165) is 17.1 Å². The first kappa shape index (κ1) is 14.5. The Morgan fingerprint density at radius 1 is 1.55 bits per heavy atom. The van der Waals surface area contributed by atoms with E-state index in [9.17, 15) is 4.79 Å². The monoisotopic (exact) mass is 290 g/mol. The van der Waals surface area contributed by atoms with Crippen LogP contribution in [-0.4, -0.2) is 17.4 Å². The molecule has 0 aromatic carbocycles. The molecule has 2 rings (SSSR count). The summed E-state index contributed by atoms with van der Waals surface area (Å²) in [5.41, 5.74) is 1.04. The molecule has 0 bridgehead atoms. The van der Waals surface area contributed by atoms with Gasteiger partial charge in [0.05, 0.1) is 17.0 Å². The fourth-order valence-electron chi connectivity index (χ4n) is 1.62. The lowest BCUT2D eigenvalue weighted by molar-refractivity contribution is -0.116. The van der Waals surface area contributed by atoms with Crippen molar-refractivity contribution in [3.63, 3.8) is 0 Å². The molecule has 1 N–H and O–H groups in total. The van der Waals surface area contributed by atoms with E-state index in [4.69, 9.17) is 4.42 Å². The van der Waals surface area contributed by atoms with Crippen LogP contribution in [0.3, 0.4) is 0 Å². The van der Waals surface area contributed by atoms with E-state index in [2.05, 4.69) is 29.5 Å². The van der Waals surface area contributed by atoms with Crippen LogP contribution in [0.5, 0.6) is 0 Å². The lowest BCUT2D eigenvalue weighted by Gasteiger charge is -2.00. The topological polar surface area (TPSA) is 55.1 Å². The molecule has 2 heterocycles. The van der Waals surface area contributed by atoms with Crippen LogP contribution in [0.2, 0.25) is 0 Å². The van der Waals surface area contributed by atoms with Gasteiger partial charge in [-0.25, -0.2) is 4.98 Å². The number of hydrogen-bond acceptors (Lipinski definition) is 4. The molecule has 0 aliphatic carbocycles. The van der Waals surface area contributed by atoms with Gasteiger partial charge in [0, 0.05) is 30.3 Å². The standard InChI is InChI=1S/C15H18N2O2S/c1-11(2)15-17-12(10-20-15)7-8-16-14(18)6-5-13-4-3-9-19-13/h3-6,9-11H,7-8H2,1-2H3,(H,16,18). The van der Waals surface area contributed by atoms with Gasteiger partial charge < -0.3 is 9.73 Å². The summed E-state index contributed by atoms with van der Waals surface area (Å²) in [6, 6.07) is 3.58. The normalized spacial score (nSPS) is 11.3. The first-order valence-electron chi connectivity index (χ1n) is 6.59. The highest BCUT2D eigenvalue weighted by atomic mass is 32.1. The number of aromatic nitrogens is 1. The SMILES string of the molecule is CC(C)c1nc(CCNC(=O)C=Cc2ccco2)cs1. The molecule has 4 nitrogen and oxygen atoms in total. The van der Waals surface area contributed by atoms with Crippen LogP contribution < -0.4 is 5.32 Å². The Kier molecular flexibility index (Phi) is 5.12. The number of thiazole rings is 1. The second-order valence-electron chi connectivity index (χ2n) is 4.72. The van der Waals surface area contributed by atoms with Crippen LogP contribution in [0.15, 0.2) is 34.3 Å². The third kappa shape index (κ3) is 4.35. The molecule has 0 spiro atoms. The Labute approximate surface area is 122 Å². The van der Waals surface area contributed by atoms with Crippen molar-refractivity contribution in [2.45, 2.75) is 26.2 Å². The number of furan rings is 1. The third-order valence-electron chi connectivity index (χ3n) is 2.69. The molecule has 0 fully saturated rings. The minimum Gasteiger partial charge on any atom is -0.465 e. The highest BCUT2D eigenvalue weighted by Crippen LogP contribution is 2.19. The molecule has 0 radical (unpaired) electrons. The fourth-order valence-corrected chi connectivity index (χ4v) is 2.49. The summed E-state index contributed by atoms with van der Waals surface area (Å²) < 4.78 is 5.11. The molecule has 0 saturated heterocycles. The van der Waals surface area contributed by atoms with E-state index in [1.807, 2.05) is 0 Å². The molecule has 0 saturated carbocycles. The number of nitrogens with zero attached hydrogens (tertiary/aromatic N) is 1. The van der Waals surface area contributed by atoms with Crippen LogP contribution in [0.1, 0.15) is 36.2 Å². The Balaban J connectivity index is 1.73. The maximum absolute atomic E-state index is 11.6. The van der Waals surface area contributed by atoms with Crippen molar-refractivity contribution in [1.82, 2.24) is 10.3 Å². The summed E-state index contributed by atoms with van der Waals surface area (Å²) in [6.07, 6.45) is 5.45. The van der Waals surface area contributed by atoms with Crippen molar-refractivity contribution in [2.24, 2.45) is 0 Å². The summed E-state index contributed by atoms with van der Waals surface area (Å²) in [6.45, 7) is 4.84. The highest BCUT2D eigenvalue weighted by molar-refractivity contribution is 7.09. The predicted molar refractivity (Wildman–Crippen MR) is 80.7 cm³/mol. The molecule has 0 aliphatic rings. The zero-order valence-electron chi connectivity index (χ0n) is 11.6. The minimum absolute atomic E-state index is 0.124. The zero-order valence-corrected chi connectivity index (χ0v) is 12.4. The van der Waals surface area contributed by atoms with Crippen molar-refractivity contribution >= 4 is 23.3 Å². The number of nitrogens with one attached hydrogen (secondary N) is 1. The molecule has 5 heteroatoms. The minimum atomic E-state index is -0.124. The second kappa shape index (κ2) is 7.05. The highest BCUT2D eigenvalue weighted by Gasteiger charge is 2.05. The van der Waals surface area contributed by atoms with Crippen LogP contribution in [0, 0.1) is 0 Å². The van der Waals surface area contributed by atoms with Gasteiger partial charge in [-0.15, -0.1) is 11.3 Å². The van der Waals surface area contributed by atoms with E-state index < -0.39 is 0 Å². The summed E-state index contributed by atoms with van der Waals surface area (Å²) in [5, 5.41) is 6.03. The van der Waals surface area contributed by atoms with Gasteiger partial charge in [-0.05, 0) is 18.2 Å². The molecule has 0 unspecified atom stereocenters. The maximum atomic E-state index is 11.6. The molecule has 20 heavy (non-hydrogen) atoms. The van der Waals surface area contributed by atoms with Gasteiger partial charge in [0.2, 0.25) is 5.91 Å². The fraction of sp³-hybridized carbons (Fsp3) is 0.333. The van der Waals surface area contributed by atoms with Crippen LogP contribution in [0.4, 0.5) is 0 Å². The lowest BCUT2D eigenvalue weighted by atomic mass is 10.2. The van der Waals surface area contributed by atoms with Gasteiger partial charge in [-0.1, -0.05) is 13.8 Å². The van der Waals surface area contributed by atoms with E-state index in [0.29, 0.717) is 18.2 Å². The maximum Gasteiger partial charge on any atom is 0.244 e. The first-order chi connectivity index (χ1) is 9.65. The molecule has 2 aromatic rings. The van der Waals surface area contributed by atoms with Gasteiger partial charge in [0.25, 0.3) is 0 Å². The Hall–Kier alpha value is -1.88. The Bertz CT molecular complexity index is 570. The third-order valence-corrected chi connectivity index (χ3v) is 3.88. The van der Waals surface area contributed by atoms with Gasteiger partial charge >= 0.3 is 0 Å². The zero-order chi connectivity index (χ0) is 14.4.